The van der Waals surface area contributed by atoms with E-state index in [1.54, 1.807) is 25.5 Å². The number of nitrogens with one attached hydrogen (secondary N) is 1. The Balaban J connectivity index is 1.64. The van der Waals surface area contributed by atoms with Crippen molar-refractivity contribution in [1.82, 2.24) is 9.99 Å². The van der Waals surface area contributed by atoms with Crippen molar-refractivity contribution in [3.05, 3.63) is 78.1 Å². The van der Waals surface area contributed by atoms with Crippen molar-refractivity contribution < 1.29 is 14.6 Å². The summed E-state index contributed by atoms with van der Waals surface area (Å²) in [7, 11) is 1.63. The molecule has 126 valence electrons. The van der Waals surface area contributed by atoms with Crippen LogP contribution in [0.4, 0.5) is 0 Å². The van der Waals surface area contributed by atoms with E-state index in [0.29, 0.717) is 5.56 Å². The Morgan fingerprint density at radius 2 is 2.00 bits per heavy atom. The van der Waals surface area contributed by atoms with Crippen LogP contribution in [0.3, 0.4) is 0 Å². The van der Waals surface area contributed by atoms with E-state index in [1.165, 1.54) is 12.1 Å². The molecule has 0 fully saturated rings. The van der Waals surface area contributed by atoms with Crippen molar-refractivity contribution in [2.24, 2.45) is 5.10 Å². The highest BCUT2D eigenvalue weighted by atomic mass is 16.5. The number of ether oxygens (including phenoxy) is 1. The Kier molecular flexibility index (Phi) is 4.80. The third kappa shape index (κ3) is 4.06. The summed E-state index contributed by atoms with van der Waals surface area (Å²) in [5, 5.41) is 13.3. The predicted molar refractivity (Wildman–Crippen MR) is 95.5 cm³/mol. The van der Waals surface area contributed by atoms with Crippen molar-refractivity contribution in [2.45, 2.75) is 0 Å². The number of carbonyl (C=O) groups excluding carboxylic acids is 1. The first kappa shape index (κ1) is 16.3. The number of nitrogens with zero attached hydrogens (tertiary/aromatic N) is 2. The Morgan fingerprint density at radius 3 is 2.72 bits per heavy atom. The van der Waals surface area contributed by atoms with Crippen LogP contribution in [0.5, 0.6) is 11.5 Å². The van der Waals surface area contributed by atoms with E-state index in [0.717, 1.165) is 17.0 Å². The minimum Gasteiger partial charge on any atom is -0.508 e. The summed E-state index contributed by atoms with van der Waals surface area (Å²) in [4.78, 5) is 11.9. The number of methoxy groups -OCH3 is 1. The van der Waals surface area contributed by atoms with Gasteiger partial charge in [0.1, 0.15) is 11.5 Å². The van der Waals surface area contributed by atoms with Crippen molar-refractivity contribution in [1.29, 1.82) is 0 Å². The van der Waals surface area contributed by atoms with Gasteiger partial charge in [0.2, 0.25) is 0 Å². The molecule has 25 heavy (non-hydrogen) atoms. The van der Waals surface area contributed by atoms with E-state index in [2.05, 4.69) is 10.5 Å². The normalized spacial score (nSPS) is 10.8. The number of benzene rings is 2. The monoisotopic (exact) mass is 335 g/mol. The molecule has 1 aromatic heterocycles. The van der Waals surface area contributed by atoms with Crippen LogP contribution in [-0.2, 0) is 0 Å². The molecule has 2 N–H and O–H groups in total. The molecule has 3 rings (SSSR count). The molecule has 0 atom stereocenters. The largest absolute Gasteiger partial charge is 0.508 e. The zero-order valence-corrected chi connectivity index (χ0v) is 13.6. The van der Waals surface area contributed by atoms with Gasteiger partial charge in [-0.25, -0.2) is 5.43 Å². The van der Waals surface area contributed by atoms with Crippen molar-refractivity contribution >= 4 is 12.1 Å². The molecule has 0 aliphatic rings. The maximum absolute atomic E-state index is 11.9. The van der Waals surface area contributed by atoms with Crippen LogP contribution in [0.15, 0.2) is 72.1 Å². The first-order valence-corrected chi connectivity index (χ1v) is 7.60. The average molecular weight is 335 g/mol. The molecule has 1 amide bonds. The van der Waals surface area contributed by atoms with E-state index in [4.69, 9.17) is 4.74 Å². The molecular weight excluding hydrogens is 318 g/mol. The van der Waals surface area contributed by atoms with Crippen LogP contribution in [0.2, 0.25) is 0 Å². The van der Waals surface area contributed by atoms with Gasteiger partial charge < -0.3 is 14.4 Å². The second-order valence-corrected chi connectivity index (χ2v) is 5.30. The molecule has 0 radical (unpaired) electrons. The fourth-order valence-electron chi connectivity index (χ4n) is 2.28. The first-order valence-electron chi connectivity index (χ1n) is 7.60. The zero-order valence-electron chi connectivity index (χ0n) is 13.6. The van der Waals surface area contributed by atoms with Crippen LogP contribution in [0.1, 0.15) is 15.9 Å². The molecule has 2 aromatic carbocycles. The number of rotatable bonds is 5. The summed E-state index contributed by atoms with van der Waals surface area (Å²) in [6.07, 6.45) is 5.35. The molecule has 0 saturated carbocycles. The molecule has 0 saturated heterocycles. The predicted octanol–water partition coefficient (Wildman–Crippen LogP) is 2.96. The number of phenolic OH excluding ortho intramolecular Hbond substituents is 1. The molecule has 0 spiro atoms. The quantitative estimate of drug-likeness (QED) is 0.556. The lowest BCUT2D eigenvalue weighted by atomic mass is 10.2. The van der Waals surface area contributed by atoms with Gasteiger partial charge in [0, 0.05) is 29.2 Å². The second-order valence-electron chi connectivity index (χ2n) is 5.30. The van der Waals surface area contributed by atoms with Crippen LogP contribution in [0, 0.1) is 0 Å². The minimum atomic E-state index is -0.387. The van der Waals surface area contributed by atoms with Gasteiger partial charge in [-0.1, -0.05) is 6.07 Å². The lowest BCUT2D eigenvalue weighted by Crippen LogP contribution is -2.17. The summed E-state index contributed by atoms with van der Waals surface area (Å²) in [5.41, 5.74) is 4.60. The Labute approximate surface area is 145 Å². The van der Waals surface area contributed by atoms with Crippen LogP contribution < -0.4 is 10.2 Å². The SMILES string of the molecule is COc1ccc(-n2ccc(/C=N/NC(=O)c3cccc(O)c3)c2)cc1. The van der Waals surface area contributed by atoms with Gasteiger partial charge in [-0.3, -0.25) is 4.79 Å². The topological polar surface area (TPSA) is 75.8 Å². The van der Waals surface area contributed by atoms with Crippen molar-refractivity contribution in [2.75, 3.05) is 7.11 Å². The molecule has 0 aliphatic heterocycles. The lowest BCUT2D eigenvalue weighted by molar-refractivity contribution is 0.0954. The molecule has 6 heteroatoms. The van der Waals surface area contributed by atoms with E-state index in [9.17, 15) is 9.90 Å². The average Bonchev–Trinajstić information content (AvgIpc) is 3.10. The maximum Gasteiger partial charge on any atom is 0.271 e. The van der Waals surface area contributed by atoms with Gasteiger partial charge >= 0.3 is 0 Å². The standard InChI is InChI=1S/C19H17N3O3/c1-25-18-7-5-16(6-8-18)22-10-9-14(13-22)12-20-21-19(24)15-3-2-4-17(23)11-15/h2-13,23H,1H3,(H,21,24)/b20-12+. The Hall–Kier alpha value is -3.54. The number of aromatic nitrogens is 1. The summed E-state index contributed by atoms with van der Waals surface area (Å²) < 4.78 is 7.09. The number of amides is 1. The molecule has 3 aromatic rings. The molecule has 0 unspecified atom stereocenters. The smallest absolute Gasteiger partial charge is 0.271 e. The molecule has 0 aliphatic carbocycles. The van der Waals surface area contributed by atoms with Gasteiger partial charge in [0.05, 0.1) is 13.3 Å². The number of hydrogen-bond donors (Lipinski definition) is 2. The third-order valence-electron chi connectivity index (χ3n) is 3.57. The zero-order chi connectivity index (χ0) is 17.6. The molecule has 1 heterocycles. The van der Waals surface area contributed by atoms with Crippen LogP contribution in [0.25, 0.3) is 5.69 Å². The van der Waals surface area contributed by atoms with Crippen LogP contribution >= 0.6 is 0 Å². The van der Waals surface area contributed by atoms with E-state index < -0.39 is 0 Å². The summed E-state index contributed by atoms with van der Waals surface area (Å²) in [6, 6.07) is 15.6. The fraction of sp³-hybridized carbons (Fsp3) is 0.0526. The minimum absolute atomic E-state index is 0.0354. The number of hydrogen-bond acceptors (Lipinski definition) is 4. The lowest BCUT2D eigenvalue weighted by Gasteiger charge is -2.04. The highest BCUT2D eigenvalue weighted by molar-refractivity contribution is 5.95. The number of hydrazone groups is 1. The van der Waals surface area contributed by atoms with Gasteiger partial charge in [-0.15, -0.1) is 0 Å². The van der Waals surface area contributed by atoms with Crippen molar-refractivity contribution in [3.8, 4) is 17.2 Å². The van der Waals surface area contributed by atoms with Gasteiger partial charge in [0.15, 0.2) is 0 Å². The third-order valence-corrected chi connectivity index (χ3v) is 3.57. The van der Waals surface area contributed by atoms with Gasteiger partial charge in [-0.05, 0) is 48.5 Å². The second kappa shape index (κ2) is 7.35. The number of carbonyl (C=O) groups is 1. The number of phenols is 1. The van der Waals surface area contributed by atoms with E-state index in [-0.39, 0.29) is 11.7 Å². The Morgan fingerprint density at radius 1 is 1.20 bits per heavy atom. The highest BCUT2D eigenvalue weighted by Gasteiger charge is 2.04. The van der Waals surface area contributed by atoms with Gasteiger partial charge in [-0.2, -0.15) is 5.10 Å². The van der Waals surface area contributed by atoms with Crippen molar-refractivity contribution in [3.63, 3.8) is 0 Å². The number of aromatic hydroxyl groups is 1. The molecule has 6 nitrogen and oxygen atoms in total. The van der Waals surface area contributed by atoms with E-state index >= 15 is 0 Å². The Bertz CT molecular complexity index is 898. The molecule has 0 bridgehead atoms. The highest BCUT2D eigenvalue weighted by Crippen LogP contribution is 2.15. The van der Waals surface area contributed by atoms with Crippen LogP contribution in [-0.4, -0.2) is 28.9 Å². The van der Waals surface area contributed by atoms with E-state index in [1.807, 2.05) is 47.3 Å². The molecular formula is C19H17N3O3. The maximum atomic E-state index is 11.9. The first-order chi connectivity index (χ1) is 12.2. The summed E-state index contributed by atoms with van der Waals surface area (Å²) in [5.74, 6) is 0.447. The summed E-state index contributed by atoms with van der Waals surface area (Å²) >= 11 is 0. The summed E-state index contributed by atoms with van der Waals surface area (Å²) in [6.45, 7) is 0. The van der Waals surface area contributed by atoms with Gasteiger partial charge in [0.25, 0.3) is 5.91 Å². The fourth-order valence-corrected chi connectivity index (χ4v) is 2.28.